The number of carbonyl (C=O) groups excluding carboxylic acids is 1. The molecule has 4 aromatic rings. The summed E-state index contributed by atoms with van der Waals surface area (Å²) in [6, 6.07) is 28.7. The Morgan fingerprint density at radius 2 is 1.58 bits per heavy atom. The van der Waals surface area contributed by atoms with Crippen LogP contribution in [0, 0.1) is 0 Å². The monoisotopic (exact) mass is 410 g/mol. The summed E-state index contributed by atoms with van der Waals surface area (Å²) in [5.41, 5.74) is 1.55. The fraction of sp³-hybridized carbons (Fsp3) is 0.154. The minimum absolute atomic E-state index is 0.00355. The summed E-state index contributed by atoms with van der Waals surface area (Å²) in [5, 5.41) is 1.08. The van der Waals surface area contributed by atoms with E-state index >= 15 is 0 Å². The zero-order valence-corrected chi connectivity index (χ0v) is 17.0. The van der Waals surface area contributed by atoms with Gasteiger partial charge in [-0.25, -0.2) is 4.98 Å². The summed E-state index contributed by atoms with van der Waals surface area (Å²) in [5.74, 6) is 2.07. The van der Waals surface area contributed by atoms with Crippen LogP contribution in [0.2, 0.25) is 0 Å². The quantitative estimate of drug-likeness (QED) is 0.447. The zero-order chi connectivity index (χ0) is 21.0. The smallest absolute Gasteiger partial charge is 0.253 e. The maximum absolute atomic E-state index is 12.9. The van der Waals surface area contributed by atoms with Crippen molar-refractivity contribution in [3.05, 3.63) is 96.6 Å². The van der Waals surface area contributed by atoms with E-state index in [0.29, 0.717) is 30.3 Å². The van der Waals surface area contributed by atoms with Crippen LogP contribution >= 0.6 is 0 Å². The van der Waals surface area contributed by atoms with Gasteiger partial charge in [0.25, 0.3) is 5.91 Å². The van der Waals surface area contributed by atoms with Gasteiger partial charge in [0.15, 0.2) is 0 Å². The van der Waals surface area contributed by atoms with Crippen LogP contribution in [0.5, 0.6) is 17.4 Å². The van der Waals surface area contributed by atoms with Gasteiger partial charge < -0.3 is 14.4 Å². The van der Waals surface area contributed by atoms with Gasteiger partial charge in [-0.1, -0.05) is 36.4 Å². The number of pyridine rings is 1. The Morgan fingerprint density at radius 1 is 0.839 bits per heavy atom. The number of fused-ring (bicyclic) bond motifs is 1. The molecule has 1 aliphatic heterocycles. The Kier molecular flexibility index (Phi) is 5.23. The van der Waals surface area contributed by atoms with E-state index in [1.165, 1.54) is 0 Å². The highest BCUT2D eigenvalue weighted by Gasteiger charge is 2.28. The van der Waals surface area contributed by atoms with E-state index in [1.807, 2.05) is 83.8 Å². The van der Waals surface area contributed by atoms with Crippen LogP contribution in [0.4, 0.5) is 0 Å². The van der Waals surface area contributed by atoms with E-state index in [1.54, 1.807) is 12.1 Å². The molecule has 0 spiro atoms. The molecule has 1 amide bonds. The minimum Gasteiger partial charge on any atom is -0.472 e. The highest BCUT2D eigenvalue weighted by Crippen LogP contribution is 2.24. The molecule has 5 heteroatoms. The maximum atomic E-state index is 12.9. The first-order valence-electron chi connectivity index (χ1n) is 10.4. The number of benzene rings is 3. The van der Waals surface area contributed by atoms with Gasteiger partial charge >= 0.3 is 0 Å². The Hall–Kier alpha value is -3.86. The van der Waals surface area contributed by atoms with Crippen LogP contribution in [0.3, 0.4) is 0 Å². The van der Waals surface area contributed by atoms with Crippen molar-refractivity contribution >= 4 is 16.8 Å². The number of hydrogen-bond donors (Lipinski definition) is 0. The maximum Gasteiger partial charge on any atom is 0.253 e. The highest BCUT2D eigenvalue weighted by atomic mass is 16.5. The first-order chi connectivity index (χ1) is 15.2. The van der Waals surface area contributed by atoms with Gasteiger partial charge in [-0.15, -0.1) is 0 Å². The van der Waals surface area contributed by atoms with E-state index < -0.39 is 0 Å². The molecule has 1 fully saturated rings. The number of carbonyl (C=O) groups is 1. The number of aromatic nitrogens is 1. The minimum atomic E-state index is -0.0571. The van der Waals surface area contributed by atoms with Crippen molar-refractivity contribution in [1.29, 1.82) is 0 Å². The summed E-state index contributed by atoms with van der Waals surface area (Å²) >= 11 is 0. The first kappa shape index (κ1) is 19.1. The SMILES string of the molecule is O=C(c1ccc(Oc2ccccc2)cc1)N1CCC(Oc2ccc3ccccc3n2)C1. The molecular formula is C26H22N2O3. The molecule has 0 radical (unpaired) electrons. The van der Waals surface area contributed by atoms with Gasteiger partial charge in [-0.05, 0) is 48.5 Å². The molecule has 0 N–H and O–H groups in total. The van der Waals surface area contributed by atoms with Gasteiger partial charge in [0.2, 0.25) is 5.88 Å². The lowest BCUT2D eigenvalue weighted by molar-refractivity contribution is 0.0771. The third-order valence-electron chi connectivity index (χ3n) is 5.37. The molecule has 0 saturated carbocycles. The van der Waals surface area contributed by atoms with Gasteiger partial charge in [-0.2, -0.15) is 0 Å². The topological polar surface area (TPSA) is 51.7 Å². The molecule has 1 saturated heterocycles. The van der Waals surface area contributed by atoms with Crippen molar-refractivity contribution < 1.29 is 14.3 Å². The van der Waals surface area contributed by atoms with Crippen LogP contribution in [-0.4, -0.2) is 35.0 Å². The fourth-order valence-corrected chi connectivity index (χ4v) is 3.77. The van der Waals surface area contributed by atoms with Crippen molar-refractivity contribution in [3.8, 4) is 17.4 Å². The largest absolute Gasteiger partial charge is 0.472 e. The first-order valence-corrected chi connectivity index (χ1v) is 10.4. The molecular weight excluding hydrogens is 388 g/mol. The normalized spacial score (nSPS) is 15.7. The van der Waals surface area contributed by atoms with Crippen molar-refractivity contribution in [3.63, 3.8) is 0 Å². The number of likely N-dealkylation sites (tertiary alicyclic amines) is 1. The summed E-state index contributed by atoms with van der Waals surface area (Å²) < 4.78 is 11.9. The van der Waals surface area contributed by atoms with Gasteiger partial charge in [-0.3, -0.25) is 4.79 Å². The molecule has 2 heterocycles. The Balaban J connectivity index is 1.20. The second-order valence-corrected chi connectivity index (χ2v) is 7.56. The molecule has 1 aromatic heterocycles. The van der Waals surface area contributed by atoms with Crippen LogP contribution in [0.25, 0.3) is 10.9 Å². The van der Waals surface area contributed by atoms with Crippen molar-refractivity contribution in [2.24, 2.45) is 0 Å². The van der Waals surface area contributed by atoms with Gasteiger partial charge in [0.1, 0.15) is 17.6 Å². The third kappa shape index (κ3) is 4.36. The standard InChI is InChI=1S/C26H22N2O3/c29-26(20-10-13-22(14-11-20)30-21-7-2-1-3-8-21)28-17-16-23(18-28)31-25-15-12-19-6-4-5-9-24(19)27-25/h1-15,23H,16-18H2. The lowest BCUT2D eigenvalue weighted by atomic mass is 10.2. The van der Waals surface area contributed by atoms with E-state index in [9.17, 15) is 4.79 Å². The second-order valence-electron chi connectivity index (χ2n) is 7.56. The van der Waals surface area contributed by atoms with E-state index in [4.69, 9.17) is 9.47 Å². The molecule has 1 aliphatic rings. The zero-order valence-electron chi connectivity index (χ0n) is 17.0. The van der Waals surface area contributed by atoms with Crippen molar-refractivity contribution in [2.45, 2.75) is 12.5 Å². The number of rotatable bonds is 5. The Labute approximate surface area is 180 Å². The number of ether oxygens (including phenoxy) is 2. The van der Waals surface area contributed by atoms with Crippen LogP contribution in [0.15, 0.2) is 91.0 Å². The molecule has 1 atom stereocenters. The third-order valence-corrected chi connectivity index (χ3v) is 5.37. The number of amides is 1. The Bertz CT molecular complexity index is 1190. The predicted molar refractivity (Wildman–Crippen MR) is 120 cm³/mol. The number of nitrogens with zero attached hydrogens (tertiary/aromatic N) is 2. The number of para-hydroxylation sites is 2. The molecule has 0 aliphatic carbocycles. The molecule has 154 valence electrons. The van der Waals surface area contributed by atoms with Gasteiger partial charge in [0, 0.05) is 30.0 Å². The average Bonchev–Trinajstić information content (AvgIpc) is 3.28. The van der Waals surface area contributed by atoms with Gasteiger partial charge in [0.05, 0.1) is 12.1 Å². The second kappa shape index (κ2) is 8.48. The van der Waals surface area contributed by atoms with E-state index in [0.717, 1.165) is 23.1 Å². The summed E-state index contributed by atoms with van der Waals surface area (Å²) in [6.07, 6.45) is 0.730. The molecule has 31 heavy (non-hydrogen) atoms. The van der Waals surface area contributed by atoms with Crippen molar-refractivity contribution in [2.75, 3.05) is 13.1 Å². The lowest BCUT2D eigenvalue weighted by Gasteiger charge is -2.17. The molecule has 5 nitrogen and oxygen atoms in total. The van der Waals surface area contributed by atoms with E-state index in [-0.39, 0.29) is 12.0 Å². The van der Waals surface area contributed by atoms with Crippen LogP contribution in [0.1, 0.15) is 16.8 Å². The average molecular weight is 410 g/mol. The summed E-state index contributed by atoms with van der Waals surface area (Å²) in [4.78, 5) is 19.3. The molecule has 3 aromatic carbocycles. The highest BCUT2D eigenvalue weighted by molar-refractivity contribution is 5.94. The number of hydrogen-bond acceptors (Lipinski definition) is 4. The molecule has 0 bridgehead atoms. The van der Waals surface area contributed by atoms with Crippen LogP contribution < -0.4 is 9.47 Å². The van der Waals surface area contributed by atoms with Crippen LogP contribution in [-0.2, 0) is 0 Å². The molecule has 1 unspecified atom stereocenters. The summed E-state index contributed by atoms with van der Waals surface area (Å²) in [7, 11) is 0. The summed E-state index contributed by atoms with van der Waals surface area (Å²) in [6.45, 7) is 1.22. The van der Waals surface area contributed by atoms with Crippen molar-refractivity contribution in [1.82, 2.24) is 9.88 Å². The molecule has 5 rings (SSSR count). The lowest BCUT2D eigenvalue weighted by Crippen LogP contribution is -2.31. The predicted octanol–water partition coefficient (Wildman–Crippen LogP) is 5.32. The van der Waals surface area contributed by atoms with E-state index in [2.05, 4.69) is 4.98 Å². The fourth-order valence-electron chi connectivity index (χ4n) is 3.77. The Morgan fingerprint density at radius 3 is 2.42 bits per heavy atom.